The molecule has 0 saturated carbocycles. The van der Waals surface area contributed by atoms with Gasteiger partial charge in [-0.05, 0) is 26.3 Å². The molecule has 1 aliphatic heterocycles. The van der Waals surface area contributed by atoms with E-state index >= 15 is 0 Å². The average molecular weight is 222 g/mol. The Morgan fingerprint density at radius 3 is 2.94 bits per heavy atom. The van der Waals surface area contributed by atoms with Gasteiger partial charge < -0.3 is 15.5 Å². The summed E-state index contributed by atoms with van der Waals surface area (Å²) in [7, 11) is 0. The first kappa shape index (κ1) is 11.4. The monoisotopic (exact) mass is 222 g/mol. The molecule has 0 aliphatic carbocycles. The van der Waals surface area contributed by atoms with E-state index < -0.39 is 0 Å². The van der Waals surface area contributed by atoms with E-state index in [0.29, 0.717) is 0 Å². The minimum absolute atomic E-state index is 0.0687. The summed E-state index contributed by atoms with van der Waals surface area (Å²) >= 11 is 0. The molecule has 2 heterocycles. The van der Waals surface area contributed by atoms with E-state index in [2.05, 4.69) is 10.3 Å². The van der Waals surface area contributed by atoms with E-state index in [9.17, 15) is 10.2 Å². The van der Waals surface area contributed by atoms with Crippen LogP contribution < -0.4 is 5.32 Å². The number of aliphatic hydroxyl groups excluding tert-OH is 1. The molecule has 1 fully saturated rings. The first-order valence-electron chi connectivity index (χ1n) is 5.75. The van der Waals surface area contributed by atoms with Gasteiger partial charge in [0.05, 0.1) is 12.8 Å². The highest BCUT2D eigenvalue weighted by Gasteiger charge is 2.22. The van der Waals surface area contributed by atoms with Crippen molar-refractivity contribution in [1.82, 2.24) is 10.3 Å². The third-order valence-corrected chi connectivity index (χ3v) is 3.24. The van der Waals surface area contributed by atoms with Crippen molar-refractivity contribution in [1.29, 1.82) is 0 Å². The molecule has 1 unspecified atom stereocenters. The first-order chi connectivity index (χ1) is 7.74. The number of hydrogen-bond acceptors (Lipinski definition) is 4. The van der Waals surface area contributed by atoms with Crippen LogP contribution in [-0.2, 0) is 6.61 Å². The van der Waals surface area contributed by atoms with Gasteiger partial charge in [0.25, 0.3) is 0 Å². The second-order valence-corrected chi connectivity index (χ2v) is 4.28. The molecule has 4 nitrogen and oxygen atoms in total. The number of pyridine rings is 1. The lowest BCUT2D eigenvalue weighted by Crippen LogP contribution is -2.28. The van der Waals surface area contributed by atoms with Crippen molar-refractivity contribution in [3.63, 3.8) is 0 Å². The number of nitrogens with one attached hydrogen (secondary N) is 1. The van der Waals surface area contributed by atoms with Crippen molar-refractivity contribution < 1.29 is 10.2 Å². The first-order valence-corrected chi connectivity index (χ1v) is 5.75. The fraction of sp³-hybridized carbons (Fsp3) is 0.583. The van der Waals surface area contributed by atoms with E-state index in [0.717, 1.165) is 36.2 Å². The summed E-state index contributed by atoms with van der Waals surface area (Å²) in [5.74, 6) is 0.189. The van der Waals surface area contributed by atoms with Gasteiger partial charge in [0.15, 0.2) is 0 Å². The fourth-order valence-corrected chi connectivity index (χ4v) is 2.34. The quantitative estimate of drug-likeness (QED) is 0.707. The van der Waals surface area contributed by atoms with E-state index in [4.69, 9.17) is 0 Å². The Morgan fingerprint density at radius 1 is 1.50 bits per heavy atom. The van der Waals surface area contributed by atoms with Crippen LogP contribution in [0, 0.1) is 6.92 Å². The molecular formula is C12H18N2O2. The standard InChI is InChI=1S/C12H18N2O2/c1-8-9(7-15)12(11(16)6-14-8)10-4-2-3-5-13-10/h6,10,13,15-16H,2-5,7H2,1H3. The molecule has 16 heavy (non-hydrogen) atoms. The number of aromatic hydroxyl groups is 1. The van der Waals surface area contributed by atoms with Crippen LogP contribution >= 0.6 is 0 Å². The Labute approximate surface area is 95.3 Å². The highest BCUT2D eigenvalue weighted by Crippen LogP contribution is 2.33. The van der Waals surface area contributed by atoms with E-state index in [-0.39, 0.29) is 18.4 Å². The molecule has 1 aliphatic rings. The largest absolute Gasteiger partial charge is 0.506 e. The lowest BCUT2D eigenvalue weighted by Gasteiger charge is -2.26. The summed E-state index contributed by atoms with van der Waals surface area (Å²) in [5.41, 5.74) is 2.39. The topological polar surface area (TPSA) is 65.4 Å². The fourth-order valence-electron chi connectivity index (χ4n) is 2.34. The summed E-state index contributed by atoms with van der Waals surface area (Å²) in [6.07, 6.45) is 4.81. The zero-order valence-electron chi connectivity index (χ0n) is 9.53. The van der Waals surface area contributed by atoms with Crippen LogP contribution in [0.4, 0.5) is 0 Å². The van der Waals surface area contributed by atoms with Gasteiger partial charge in [-0.3, -0.25) is 4.98 Å². The summed E-state index contributed by atoms with van der Waals surface area (Å²) in [4.78, 5) is 4.07. The van der Waals surface area contributed by atoms with Gasteiger partial charge >= 0.3 is 0 Å². The lowest BCUT2D eigenvalue weighted by atomic mass is 9.93. The highest BCUT2D eigenvalue weighted by atomic mass is 16.3. The van der Waals surface area contributed by atoms with Gasteiger partial charge in [-0.25, -0.2) is 0 Å². The summed E-state index contributed by atoms with van der Waals surface area (Å²) in [6, 6.07) is 0.151. The minimum Gasteiger partial charge on any atom is -0.506 e. The number of piperidine rings is 1. The molecule has 0 bridgehead atoms. The van der Waals surface area contributed by atoms with E-state index in [1.165, 1.54) is 12.6 Å². The van der Waals surface area contributed by atoms with Crippen LogP contribution in [0.5, 0.6) is 5.75 Å². The molecule has 3 N–H and O–H groups in total. The van der Waals surface area contributed by atoms with Crippen LogP contribution in [0.2, 0.25) is 0 Å². The van der Waals surface area contributed by atoms with Crippen LogP contribution in [-0.4, -0.2) is 21.7 Å². The number of aryl methyl sites for hydroxylation is 1. The van der Waals surface area contributed by atoms with Crippen molar-refractivity contribution in [3.05, 3.63) is 23.0 Å². The normalized spacial score (nSPS) is 21.0. The molecule has 1 saturated heterocycles. The molecule has 88 valence electrons. The van der Waals surface area contributed by atoms with Crippen molar-refractivity contribution in [3.8, 4) is 5.75 Å². The second-order valence-electron chi connectivity index (χ2n) is 4.28. The third-order valence-electron chi connectivity index (χ3n) is 3.24. The molecular weight excluding hydrogens is 204 g/mol. The Hall–Kier alpha value is -1.13. The van der Waals surface area contributed by atoms with Gasteiger partial charge in [0.2, 0.25) is 0 Å². The predicted octanol–water partition coefficient (Wildman–Crippen LogP) is 1.40. The number of hydrogen-bond donors (Lipinski definition) is 3. The SMILES string of the molecule is Cc1ncc(O)c(C2CCCCN2)c1CO. The zero-order chi connectivity index (χ0) is 11.5. The van der Waals surface area contributed by atoms with Crippen molar-refractivity contribution in [2.24, 2.45) is 0 Å². The van der Waals surface area contributed by atoms with Crippen LogP contribution in [0.3, 0.4) is 0 Å². The Morgan fingerprint density at radius 2 is 2.31 bits per heavy atom. The highest BCUT2D eigenvalue weighted by molar-refractivity contribution is 5.42. The Bertz CT molecular complexity index is 374. The van der Waals surface area contributed by atoms with Crippen molar-refractivity contribution >= 4 is 0 Å². The molecule has 0 amide bonds. The van der Waals surface area contributed by atoms with Crippen LogP contribution in [0.1, 0.15) is 42.1 Å². The number of aromatic nitrogens is 1. The molecule has 1 atom stereocenters. The molecule has 0 radical (unpaired) electrons. The van der Waals surface area contributed by atoms with Crippen molar-refractivity contribution in [2.75, 3.05) is 6.54 Å². The summed E-state index contributed by atoms with van der Waals surface area (Å²) in [5, 5.41) is 22.6. The Kier molecular flexibility index (Phi) is 3.41. The van der Waals surface area contributed by atoms with Crippen molar-refractivity contribution in [2.45, 2.75) is 38.8 Å². The molecule has 1 aromatic heterocycles. The van der Waals surface area contributed by atoms with Gasteiger partial charge in [-0.1, -0.05) is 6.42 Å². The van der Waals surface area contributed by atoms with Crippen LogP contribution in [0.15, 0.2) is 6.20 Å². The molecule has 4 heteroatoms. The maximum atomic E-state index is 9.89. The molecule has 1 aromatic rings. The molecule has 2 rings (SSSR count). The number of nitrogens with zero attached hydrogens (tertiary/aromatic N) is 1. The summed E-state index contributed by atoms with van der Waals surface area (Å²) < 4.78 is 0. The van der Waals surface area contributed by atoms with E-state index in [1.807, 2.05) is 6.92 Å². The molecule has 0 aromatic carbocycles. The lowest BCUT2D eigenvalue weighted by molar-refractivity contribution is 0.274. The third kappa shape index (κ3) is 2.03. The maximum absolute atomic E-state index is 9.89. The van der Waals surface area contributed by atoms with E-state index in [1.54, 1.807) is 0 Å². The number of aliphatic hydroxyl groups is 1. The average Bonchev–Trinajstić information content (AvgIpc) is 2.33. The second kappa shape index (κ2) is 4.80. The zero-order valence-corrected chi connectivity index (χ0v) is 9.53. The summed E-state index contributed by atoms with van der Waals surface area (Å²) in [6.45, 7) is 2.76. The predicted molar refractivity (Wildman–Crippen MR) is 61.2 cm³/mol. The minimum atomic E-state index is -0.0687. The smallest absolute Gasteiger partial charge is 0.139 e. The van der Waals surface area contributed by atoms with Gasteiger partial charge in [0.1, 0.15) is 5.75 Å². The van der Waals surface area contributed by atoms with Gasteiger partial charge in [0, 0.05) is 22.9 Å². The van der Waals surface area contributed by atoms with Gasteiger partial charge in [-0.2, -0.15) is 0 Å². The maximum Gasteiger partial charge on any atom is 0.139 e. The Balaban J connectivity index is 2.40. The molecule has 0 spiro atoms. The van der Waals surface area contributed by atoms with Crippen LogP contribution in [0.25, 0.3) is 0 Å². The number of rotatable bonds is 2. The van der Waals surface area contributed by atoms with Gasteiger partial charge in [-0.15, -0.1) is 0 Å².